The molecule has 6 nitrogen and oxygen atoms in total. The standard InChI is InChI=1S/C25H20F4N2O4/c26-22-13-19(34-20-8-9-30-23(14-20)31-24(33)16-4-5-16)7-6-17(22)12-18(32)10-15-2-1-3-21(11-15)35-25(27,28)29/h1-3,6-9,11,13-14,16H,4-5,10,12H2,(H,30,31,33). The molecule has 0 aliphatic heterocycles. The summed E-state index contributed by atoms with van der Waals surface area (Å²) in [5.74, 6) is -0.712. The summed E-state index contributed by atoms with van der Waals surface area (Å²) in [5.41, 5.74) is 0.441. The highest BCUT2D eigenvalue weighted by molar-refractivity contribution is 5.93. The molecule has 1 aromatic heterocycles. The second kappa shape index (κ2) is 10.1. The Morgan fingerprint density at radius 2 is 1.74 bits per heavy atom. The molecule has 0 radical (unpaired) electrons. The number of nitrogens with zero attached hydrogens (tertiary/aromatic N) is 1. The van der Waals surface area contributed by atoms with Crippen molar-refractivity contribution in [1.29, 1.82) is 0 Å². The van der Waals surface area contributed by atoms with E-state index in [-0.39, 0.29) is 41.8 Å². The zero-order valence-electron chi connectivity index (χ0n) is 18.3. The lowest BCUT2D eigenvalue weighted by Crippen LogP contribution is -2.17. The van der Waals surface area contributed by atoms with Crippen LogP contribution >= 0.6 is 0 Å². The number of hydrogen-bond acceptors (Lipinski definition) is 5. The van der Waals surface area contributed by atoms with Crippen LogP contribution < -0.4 is 14.8 Å². The molecule has 0 saturated heterocycles. The molecule has 0 atom stereocenters. The Labute approximate surface area is 197 Å². The van der Waals surface area contributed by atoms with Crippen molar-refractivity contribution in [3.05, 3.63) is 77.7 Å². The van der Waals surface area contributed by atoms with E-state index in [4.69, 9.17) is 4.74 Å². The van der Waals surface area contributed by atoms with Crippen LogP contribution in [0.4, 0.5) is 23.4 Å². The monoisotopic (exact) mass is 488 g/mol. The van der Waals surface area contributed by atoms with E-state index in [2.05, 4.69) is 15.0 Å². The lowest BCUT2D eigenvalue weighted by Gasteiger charge is -2.11. The molecule has 1 fully saturated rings. The van der Waals surface area contributed by atoms with Gasteiger partial charge < -0.3 is 14.8 Å². The Balaban J connectivity index is 1.36. The van der Waals surface area contributed by atoms with Gasteiger partial charge in [-0.25, -0.2) is 9.37 Å². The third kappa shape index (κ3) is 7.26. The van der Waals surface area contributed by atoms with Gasteiger partial charge in [-0.15, -0.1) is 13.2 Å². The van der Waals surface area contributed by atoms with Crippen LogP contribution in [0.2, 0.25) is 0 Å². The number of benzene rings is 2. The van der Waals surface area contributed by atoms with Crippen LogP contribution in [0, 0.1) is 11.7 Å². The molecule has 1 aliphatic rings. The van der Waals surface area contributed by atoms with Gasteiger partial charge in [0, 0.05) is 37.1 Å². The number of anilines is 1. The molecule has 2 aromatic carbocycles. The Hall–Kier alpha value is -3.95. The van der Waals surface area contributed by atoms with Crippen LogP contribution in [0.1, 0.15) is 24.0 Å². The van der Waals surface area contributed by atoms with Crippen molar-refractivity contribution in [3.8, 4) is 17.2 Å². The highest BCUT2D eigenvalue weighted by atomic mass is 19.4. The van der Waals surface area contributed by atoms with Gasteiger partial charge in [0.25, 0.3) is 0 Å². The van der Waals surface area contributed by atoms with Crippen molar-refractivity contribution in [2.45, 2.75) is 32.0 Å². The van der Waals surface area contributed by atoms with Gasteiger partial charge in [-0.3, -0.25) is 9.59 Å². The quantitative estimate of drug-likeness (QED) is 0.396. The molecule has 0 unspecified atom stereocenters. The highest BCUT2D eigenvalue weighted by Crippen LogP contribution is 2.31. The third-order valence-corrected chi connectivity index (χ3v) is 5.11. The Morgan fingerprint density at radius 3 is 2.46 bits per heavy atom. The van der Waals surface area contributed by atoms with E-state index in [1.807, 2.05) is 0 Å². The minimum Gasteiger partial charge on any atom is -0.457 e. The molecule has 0 bridgehead atoms. The average molecular weight is 488 g/mol. The largest absolute Gasteiger partial charge is 0.573 e. The van der Waals surface area contributed by atoms with Crippen molar-refractivity contribution < 1.29 is 36.6 Å². The fourth-order valence-corrected chi connectivity index (χ4v) is 3.34. The molecule has 10 heteroatoms. The summed E-state index contributed by atoms with van der Waals surface area (Å²) in [6, 6.07) is 12.2. The predicted molar refractivity (Wildman–Crippen MR) is 118 cm³/mol. The summed E-state index contributed by atoms with van der Waals surface area (Å²) in [5, 5.41) is 2.70. The Kier molecular flexibility index (Phi) is 6.99. The topological polar surface area (TPSA) is 77.5 Å². The van der Waals surface area contributed by atoms with E-state index in [0.717, 1.165) is 31.0 Å². The first-order valence-electron chi connectivity index (χ1n) is 10.7. The van der Waals surface area contributed by atoms with E-state index in [0.29, 0.717) is 17.1 Å². The van der Waals surface area contributed by atoms with Crippen molar-refractivity contribution in [3.63, 3.8) is 0 Å². The minimum atomic E-state index is -4.84. The van der Waals surface area contributed by atoms with E-state index in [1.54, 1.807) is 6.07 Å². The van der Waals surface area contributed by atoms with E-state index < -0.39 is 17.9 Å². The first-order chi connectivity index (χ1) is 16.6. The number of carbonyl (C=O) groups is 2. The molecule has 1 N–H and O–H groups in total. The molecular formula is C25H20F4N2O4. The van der Waals surface area contributed by atoms with Gasteiger partial charge >= 0.3 is 6.36 Å². The maximum Gasteiger partial charge on any atom is 0.573 e. The maximum absolute atomic E-state index is 14.6. The zero-order chi connectivity index (χ0) is 25.0. The molecule has 1 aliphatic carbocycles. The van der Waals surface area contributed by atoms with E-state index >= 15 is 0 Å². The SMILES string of the molecule is O=C(Cc1cccc(OC(F)(F)F)c1)Cc1ccc(Oc2ccnc(NC(=O)C3CC3)c2)cc1F. The number of hydrogen-bond donors (Lipinski definition) is 1. The summed E-state index contributed by atoms with van der Waals surface area (Å²) in [4.78, 5) is 28.3. The van der Waals surface area contributed by atoms with Crippen LogP contribution in [0.3, 0.4) is 0 Å². The van der Waals surface area contributed by atoms with Gasteiger partial charge in [0.05, 0.1) is 0 Å². The number of pyridine rings is 1. The minimum absolute atomic E-state index is 0.0166. The third-order valence-electron chi connectivity index (χ3n) is 5.11. The number of rotatable bonds is 9. The molecule has 4 rings (SSSR count). The van der Waals surface area contributed by atoms with Gasteiger partial charge in [0.1, 0.15) is 34.7 Å². The number of ketones is 1. The summed E-state index contributed by atoms with van der Waals surface area (Å²) in [6.07, 6.45) is -2.10. The van der Waals surface area contributed by atoms with Crippen LogP contribution in [-0.2, 0) is 22.4 Å². The highest BCUT2D eigenvalue weighted by Gasteiger charge is 2.31. The second-order valence-electron chi connectivity index (χ2n) is 8.08. The van der Waals surface area contributed by atoms with Crippen LogP contribution in [0.15, 0.2) is 60.8 Å². The summed E-state index contributed by atoms with van der Waals surface area (Å²) < 4.78 is 61.2. The molecular weight excluding hydrogens is 468 g/mol. The lowest BCUT2D eigenvalue weighted by molar-refractivity contribution is -0.274. The molecule has 3 aromatic rings. The molecule has 1 heterocycles. The normalized spacial score (nSPS) is 13.3. The maximum atomic E-state index is 14.6. The molecule has 1 amide bonds. The lowest BCUT2D eigenvalue weighted by atomic mass is 10.0. The van der Waals surface area contributed by atoms with Gasteiger partial charge in [-0.05, 0) is 48.2 Å². The second-order valence-corrected chi connectivity index (χ2v) is 8.08. The van der Waals surface area contributed by atoms with Crippen LogP contribution in [0.5, 0.6) is 17.2 Å². The molecule has 35 heavy (non-hydrogen) atoms. The van der Waals surface area contributed by atoms with Crippen LogP contribution in [-0.4, -0.2) is 23.0 Å². The fraction of sp³-hybridized carbons (Fsp3) is 0.240. The fourth-order valence-electron chi connectivity index (χ4n) is 3.34. The number of Topliss-reactive ketones (excluding diaryl/α,β-unsaturated/α-hetero) is 1. The van der Waals surface area contributed by atoms with Gasteiger partial charge in [0.2, 0.25) is 5.91 Å². The Morgan fingerprint density at radius 1 is 0.971 bits per heavy atom. The van der Waals surface area contributed by atoms with Crippen molar-refractivity contribution in [2.75, 3.05) is 5.32 Å². The number of ether oxygens (including phenoxy) is 2. The molecule has 182 valence electrons. The summed E-state index contributed by atoms with van der Waals surface area (Å²) in [6.45, 7) is 0. The number of aromatic nitrogens is 1. The molecule has 0 spiro atoms. The number of nitrogens with one attached hydrogen (secondary N) is 1. The summed E-state index contributed by atoms with van der Waals surface area (Å²) in [7, 11) is 0. The zero-order valence-corrected chi connectivity index (χ0v) is 18.3. The van der Waals surface area contributed by atoms with Gasteiger partial charge in [-0.1, -0.05) is 18.2 Å². The van der Waals surface area contributed by atoms with Crippen molar-refractivity contribution in [1.82, 2.24) is 4.98 Å². The predicted octanol–water partition coefficient (Wildman–Crippen LogP) is 5.61. The van der Waals surface area contributed by atoms with E-state index in [9.17, 15) is 27.2 Å². The number of halogens is 4. The number of alkyl halides is 3. The number of amides is 1. The average Bonchev–Trinajstić information content (AvgIpc) is 3.61. The summed E-state index contributed by atoms with van der Waals surface area (Å²) >= 11 is 0. The van der Waals surface area contributed by atoms with E-state index in [1.165, 1.54) is 36.5 Å². The Bertz CT molecular complexity index is 1240. The van der Waals surface area contributed by atoms with Gasteiger partial charge in [0.15, 0.2) is 0 Å². The number of carbonyl (C=O) groups excluding carboxylic acids is 2. The van der Waals surface area contributed by atoms with Crippen molar-refractivity contribution in [2.24, 2.45) is 5.92 Å². The molecule has 1 saturated carbocycles. The van der Waals surface area contributed by atoms with Crippen LogP contribution in [0.25, 0.3) is 0 Å². The van der Waals surface area contributed by atoms with Gasteiger partial charge in [-0.2, -0.15) is 0 Å². The van der Waals surface area contributed by atoms with Crippen molar-refractivity contribution >= 4 is 17.5 Å². The smallest absolute Gasteiger partial charge is 0.457 e. The first-order valence-corrected chi connectivity index (χ1v) is 10.7. The first kappa shape index (κ1) is 24.2.